The second-order valence-corrected chi connectivity index (χ2v) is 10.2. The Labute approximate surface area is 247 Å². The molecule has 3 aromatic carbocycles. The molecular weight excluding hydrogens is 556 g/mol. The summed E-state index contributed by atoms with van der Waals surface area (Å²) < 4.78 is 11.9. The maximum Gasteiger partial charge on any atom is 0.262 e. The van der Waals surface area contributed by atoms with E-state index in [-0.39, 0.29) is 24.6 Å². The number of amides is 1. The Morgan fingerprint density at radius 3 is 2.44 bits per heavy atom. The zero-order chi connectivity index (χ0) is 28.2. The Hall–Kier alpha value is -4.66. The zero-order valence-electron chi connectivity index (χ0n) is 21.7. The quantitative estimate of drug-likeness (QED) is 0.188. The molecule has 6 rings (SSSR count). The molecule has 5 aromatic rings. The summed E-state index contributed by atoms with van der Waals surface area (Å²) in [7, 11) is 0. The molecule has 0 saturated carbocycles. The third kappa shape index (κ3) is 5.94. The first-order valence-electron chi connectivity index (χ1n) is 13.0. The van der Waals surface area contributed by atoms with Gasteiger partial charge in [-0.1, -0.05) is 35.9 Å². The molecule has 0 radical (unpaired) electrons. The molecule has 0 spiro atoms. The number of carbonyl (C=O) groups excluding carboxylic acids is 1. The van der Waals surface area contributed by atoms with Crippen molar-refractivity contribution in [1.82, 2.24) is 10.3 Å². The standard InChI is InChI=1S/C32H25ClN4O3S/c33-22-11-9-21(10-12-22)27-17-18-28(40-27)31-30(26-8-4-5-19-34-26)36-32(41)37(31)24-15-13-23(14-16-24)35-29(38)20-39-25-6-2-1-3-7-25/h1-19,30-31H,20H2,(H,35,38)(H,36,41)/t30-,31-/m1/s1. The first kappa shape index (κ1) is 26.6. The van der Waals surface area contributed by atoms with Gasteiger partial charge < -0.3 is 24.7 Å². The first-order valence-corrected chi connectivity index (χ1v) is 13.8. The van der Waals surface area contributed by atoms with Crippen LogP contribution in [0.25, 0.3) is 11.3 Å². The van der Waals surface area contributed by atoms with Crippen LogP contribution in [-0.2, 0) is 4.79 Å². The number of benzene rings is 3. The fourth-order valence-electron chi connectivity index (χ4n) is 4.77. The Morgan fingerprint density at radius 2 is 1.71 bits per heavy atom. The van der Waals surface area contributed by atoms with Gasteiger partial charge in [-0.15, -0.1) is 0 Å². The molecule has 0 bridgehead atoms. The van der Waals surface area contributed by atoms with Gasteiger partial charge in [0.05, 0.1) is 11.7 Å². The summed E-state index contributed by atoms with van der Waals surface area (Å²) in [5, 5.41) is 7.52. The van der Waals surface area contributed by atoms with E-state index in [4.69, 9.17) is 33.0 Å². The first-order chi connectivity index (χ1) is 20.0. The summed E-state index contributed by atoms with van der Waals surface area (Å²) in [6.07, 6.45) is 1.76. The molecule has 0 aliphatic carbocycles. The van der Waals surface area contributed by atoms with E-state index in [1.165, 1.54) is 0 Å². The minimum atomic E-state index is -0.307. The molecular formula is C32H25ClN4O3S. The van der Waals surface area contributed by atoms with Crippen LogP contribution in [0.4, 0.5) is 11.4 Å². The van der Waals surface area contributed by atoms with Gasteiger partial charge in [0.15, 0.2) is 11.7 Å². The van der Waals surface area contributed by atoms with Gasteiger partial charge in [-0.3, -0.25) is 9.78 Å². The second kappa shape index (κ2) is 11.8. The van der Waals surface area contributed by atoms with Crippen LogP contribution in [0.5, 0.6) is 5.75 Å². The molecule has 7 nitrogen and oxygen atoms in total. The maximum absolute atomic E-state index is 12.4. The molecule has 2 N–H and O–H groups in total. The van der Waals surface area contributed by atoms with Crippen LogP contribution in [0, 0.1) is 0 Å². The van der Waals surface area contributed by atoms with Crippen molar-refractivity contribution in [2.45, 2.75) is 12.1 Å². The van der Waals surface area contributed by atoms with Gasteiger partial charge in [0.1, 0.15) is 23.3 Å². The van der Waals surface area contributed by atoms with Crippen molar-refractivity contribution in [3.05, 3.63) is 132 Å². The van der Waals surface area contributed by atoms with Crippen LogP contribution >= 0.6 is 23.8 Å². The monoisotopic (exact) mass is 580 g/mol. The molecule has 9 heteroatoms. The smallest absolute Gasteiger partial charge is 0.262 e. The number of thiocarbonyl (C=S) groups is 1. The molecule has 3 heterocycles. The number of furan rings is 1. The third-order valence-electron chi connectivity index (χ3n) is 6.69. The minimum Gasteiger partial charge on any atom is -0.484 e. The summed E-state index contributed by atoms with van der Waals surface area (Å²) in [5.74, 6) is 1.84. The lowest BCUT2D eigenvalue weighted by atomic mass is 10.0. The summed E-state index contributed by atoms with van der Waals surface area (Å²) in [6.45, 7) is -0.0891. The summed E-state index contributed by atoms with van der Waals surface area (Å²) in [4.78, 5) is 19.1. The van der Waals surface area contributed by atoms with E-state index in [0.29, 0.717) is 21.6 Å². The maximum atomic E-state index is 12.4. The largest absolute Gasteiger partial charge is 0.484 e. The Balaban J connectivity index is 1.25. The van der Waals surface area contributed by atoms with Crippen LogP contribution in [0.1, 0.15) is 23.5 Å². The van der Waals surface area contributed by atoms with Crippen LogP contribution in [0.15, 0.2) is 120 Å². The van der Waals surface area contributed by atoms with E-state index in [2.05, 4.69) is 15.6 Å². The lowest BCUT2D eigenvalue weighted by molar-refractivity contribution is -0.118. The fourth-order valence-corrected chi connectivity index (χ4v) is 5.24. The van der Waals surface area contributed by atoms with Gasteiger partial charge in [0, 0.05) is 28.2 Å². The van der Waals surface area contributed by atoms with E-state index in [9.17, 15) is 4.79 Å². The number of pyridine rings is 1. The minimum absolute atomic E-state index is 0.0891. The van der Waals surface area contributed by atoms with Gasteiger partial charge in [0.2, 0.25) is 0 Å². The van der Waals surface area contributed by atoms with Crippen LogP contribution in [-0.4, -0.2) is 22.6 Å². The molecule has 1 aliphatic heterocycles. The third-order valence-corrected chi connectivity index (χ3v) is 7.25. The number of aromatic nitrogens is 1. The highest BCUT2D eigenvalue weighted by Crippen LogP contribution is 2.43. The van der Waals surface area contributed by atoms with Crippen molar-refractivity contribution >= 4 is 46.2 Å². The Kier molecular flexibility index (Phi) is 7.67. The molecule has 1 aliphatic rings. The molecule has 2 atom stereocenters. The lowest BCUT2D eigenvalue weighted by Crippen LogP contribution is -2.29. The number of nitrogens with zero attached hydrogens (tertiary/aromatic N) is 2. The van der Waals surface area contributed by atoms with E-state index in [1.807, 2.05) is 102 Å². The molecule has 41 heavy (non-hydrogen) atoms. The average molecular weight is 581 g/mol. The lowest BCUT2D eigenvalue weighted by Gasteiger charge is -2.26. The molecule has 0 unspecified atom stereocenters. The van der Waals surface area contributed by atoms with Crippen molar-refractivity contribution in [1.29, 1.82) is 0 Å². The van der Waals surface area contributed by atoms with E-state index in [1.54, 1.807) is 18.3 Å². The number of nitrogens with one attached hydrogen (secondary N) is 2. The number of anilines is 2. The number of hydrogen-bond donors (Lipinski definition) is 2. The van der Waals surface area contributed by atoms with Crippen LogP contribution in [0.3, 0.4) is 0 Å². The predicted molar refractivity (Wildman–Crippen MR) is 164 cm³/mol. The van der Waals surface area contributed by atoms with E-state index in [0.717, 1.165) is 28.5 Å². The van der Waals surface area contributed by atoms with Gasteiger partial charge in [-0.2, -0.15) is 0 Å². The molecule has 2 aromatic heterocycles. The van der Waals surface area contributed by atoms with Gasteiger partial charge >= 0.3 is 0 Å². The SMILES string of the molecule is O=C(COc1ccccc1)Nc1ccc(N2C(=S)N[C@H](c3ccccn3)[C@H]2c2ccc(-c3ccc(Cl)cc3)o2)cc1. The zero-order valence-corrected chi connectivity index (χ0v) is 23.3. The van der Waals surface area contributed by atoms with Crippen LogP contribution < -0.4 is 20.3 Å². The van der Waals surface area contributed by atoms with E-state index >= 15 is 0 Å². The Morgan fingerprint density at radius 1 is 0.951 bits per heavy atom. The molecule has 1 fully saturated rings. The topological polar surface area (TPSA) is 79.6 Å². The van der Waals surface area contributed by atoms with E-state index < -0.39 is 0 Å². The van der Waals surface area contributed by atoms with Crippen LogP contribution in [0.2, 0.25) is 5.02 Å². The normalized spacial score (nSPS) is 16.3. The second-order valence-electron chi connectivity index (χ2n) is 9.40. The van der Waals surface area contributed by atoms with Gasteiger partial charge in [-0.25, -0.2) is 0 Å². The van der Waals surface area contributed by atoms with Crippen molar-refractivity contribution in [3.8, 4) is 17.1 Å². The summed E-state index contributed by atoms with van der Waals surface area (Å²) in [5.41, 5.74) is 3.25. The number of para-hydroxylation sites is 1. The molecule has 1 saturated heterocycles. The molecule has 204 valence electrons. The highest BCUT2D eigenvalue weighted by molar-refractivity contribution is 7.80. The average Bonchev–Trinajstić information content (AvgIpc) is 3.63. The fraction of sp³-hybridized carbons (Fsp3) is 0.0938. The summed E-state index contributed by atoms with van der Waals surface area (Å²) >= 11 is 11.9. The highest BCUT2D eigenvalue weighted by Gasteiger charge is 2.42. The van der Waals surface area contributed by atoms with Crippen molar-refractivity contribution in [2.24, 2.45) is 0 Å². The molecule has 1 amide bonds. The number of carbonyl (C=O) groups is 1. The van der Waals surface area contributed by atoms with Crippen molar-refractivity contribution < 1.29 is 13.9 Å². The number of ether oxygens (including phenoxy) is 1. The number of rotatable bonds is 8. The van der Waals surface area contributed by atoms with Gasteiger partial charge in [-0.05, 0) is 97.1 Å². The number of hydrogen-bond acceptors (Lipinski definition) is 5. The van der Waals surface area contributed by atoms with Crippen molar-refractivity contribution in [3.63, 3.8) is 0 Å². The number of halogens is 1. The Bertz CT molecular complexity index is 1640. The highest BCUT2D eigenvalue weighted by atomic mass is 35.5. The van der Waals surface area contributed by atoms with Gasteiger partial charge in [0.25, 0.3) is 5.91 Å². The van der Waals surface area contributed by atoms with Crippen molar-refractivity contribution in [2.75, 3.05) is 16.8 Å². The summed E-state index contributed by atoms with van der Waals surface area (Å²) in [6, 6.07) is 33.4. The predicted octanol–water partition coefficient (Wildman–Crippen LogP) is 7.19.